The van der Waals surface area contributed by atoms with E-state index < -0.39 is 0 Å². The van der Waals surface area contributed by atoms with Gasteiger partial charge < -0.3 is 0 Å². The molecule has 3 fully saturated rings. The zero-order valence-electron chi connectivity index (χ0n) is 19.6. The maximum absolute atomic E-state index is 2.73. The van der Waals surface area contributed by atoms with Crippen molar-refractivity contribution in [2.45, 2.75) is 92.9 Å². The van der Waals surface area contributed by atoms with E-state index >= 15 is 0 Å². The van der Waals surface area contributed by atoms with E-state index in [0.29, 0.717) is 16.7 Å². The van der Waals surface area contributed by atoms with Gasteiger partial charge in [-0.25, -0.2) is 0 Å². The van der Waals surface area contributed by atoms with Gasteiger partial charge in [0.15, 0.2) is 0 Å². The lowest BCUT2D eigenvalue weighted by atomic mass is 9.46. The van der Waals surface area contributed by atoms with Crippen molar-refractivity contribution in [3.05, 3.63) is 24.3 Å². The zero-order chi connectivity index (χ0) is 20.1. The van der Waals surface area contributed by atoms with Crippen LogP contribution in [-0.2, 0) is 0 Å². The summed E-state index contributed by atoms with van der Waals surface area (Å²) in [6.45, 7) is 15.0. The molecule has 0 N–H and O–H groups in total. The van der Waals surface area contributed by atoms with Crippen molar-refractivity contribution in [1.29, 1.82) is 0 Å². The van der Waals surface area contributed by atoms with Crippen LogP contribution in [0.5, 0.6) is 0 Å². The quantitative estimate of drug-likeness (QED) is 0.429. The molecule has 3 saturated carbocycles. The van der Waals surface area contributed by atoms with E-state index in [1.807, 2.05) is 0 Å². The van der Waals surface area contributed by atoms with Crippen LogP contribution in [0.1, 0.15) is 92.9 Å². The first-order valence-corrected chi connectivity index (χ1v) is 12.6. The standard InChI is InChI=1S/C28H46/c1-19(2)20(3)10-11-21(4)24-14-15-25-23-13-12-22-9-7-8-17-27(22,5)26(23)16-18-28(24,25)6/h10-13,19-26H,7-9,14-18H2,1-6H3/t20?,21?,22?,23-,24+,25-,26-,27-,28+/m0/s1. The average molecular weight is 383 g/mol. The lowest BCUT2D eigenvalue weighted by molar-refractivity contribution is -0.0618. The van der Waals surface area contributed by atoms with Crippen LogP contribution < -0.4 is 0 Å². The van der Waals surface area contributed by atoms with Crippen LogP contribution in [0.4, 0.5) is 0 Å². The van der Waals surface area contributed by atoms with Crippen LogP contribution in [0.2, 0.25) is 0 Å². The van der Waals surface area contributed by atoms with Gasteiger partial charge in [-0.15, -0.1) is 0 Å². The van der Waals surface area contributed by atoms with Gasteiger partial charge in [0.05, 0.1) is 0 Å². The Morgan fingerprint density at radius 1 is 0.786 bits per heavy atom. The Hall–Kier alpha value is -0.520. The fraction of sp³-hybridized carbons (Fsp3) is 0.857. The highest BCUT2D eigenvalue weighted by Crippen LogP contribution is 2.66. The molecule has 0 aliphatic heterocycles. The molecule has 4 aliphatic rings. The predicted molar refractivity (Wildman–Crippen MR) is 122 cm³/mol. The van der Waals surface area contributed by atoms with E-state index in [4.69, 9.17) is 0 Å². The minimum absolute atomic E-state index is 0.564. The molecule has 4 aliphatic carbocycles. The summed E-state index contributed by atoms with van der Waals surface area (Å²) in [5, 5.41) is 0. The summed E-state index contributed by atoms with van der Waals surface area (Å²) in [5.41, 5.74) is 1.17. The van der Waals surface area contributed by atoms with Gasteiger partial charge in [-0.05, 0) is 96.7 Å². The zero-order valence-corrected chi connectivity index (χ0v) is 19.6. The SMILES string of the molecule is CC(C)C(C)C=CC(C)[C@H]1CC[C@H]2[C@@H]3C=CC4CCCC[C@]4(C)[C@H]3CC[C@]12C. The molecule has 0 heterocycles. The second kappa shape index (κ2) is 7.63. The Morgan fingerprint density at radius 2 is 1.54 bits per heavy atom. The molecule has 9 atom stereocenters. The molecule has 28 heavy (non-hydrogen) atoms. The van der Waals surface area contributed by atoms with Gasteiger partial charge in [0, 0.05) is 0 Å². The van der Waals surface area contributed by atoms with E-state index in [1.165, 1.54) is 51.4 Å². The van der Waals surface area contributed by atoms with Crippen LogP contribution in [-0.4, -0.2) is 0 Å². The van der Waals surface area contributed by atoms with Crippen molar-refractivity contribution in [2.75, 3.05) is 0 Å². The first-order valence-electron chi connectivity index (χ1n) is 12.6. The van der Waals surface area contributed by atoms with Gasteiger partial charge in [-0.1, -0.05) is 78.7 Å². The van der Waals surface area contributed by atoms with E-state index in [2.05, 4.69) is 65.8 Å². The fourth-order valence-electron chi connectivity index (χ4n) is 8.27. The first-order chi connectivity index (χ1) is 13.3. The molecule has 0 aromatic rings. The van der Waals surface area contributed by atoms with Crippen LogP contribution in [0.15, 0.2) is 24.3 Å². The number of rotatable bonds is 4. The van der Waals surface area contributed by atoms with E-state index in [9.17, 15) is 0 Å². The van der Waals surface area contributed by atoms with Crippen molar-refractivity contribution >= 4 is 0 Å². The van der Waals surface area contributed by atoms with Crippen LogP contribution in [0.25, 0.3) is 0 Å². The van der Waals surface area contributed by atoms with Crippen LogP contribution in [0, 0.1) is 58.2 Å². The van der Waals surface area contributed by atoms with Gasteiger partial charge in [0.25, 0.3) is 0 Å². The summed E-state index contributed by atoms with van der Waals surface area (Å²) in [7, 11) is 0. The Kier molecular flexibility index (Phi) is 5.65. The van der Waals surface area contributed by atoms with Crippen molar-refractivity contribution in [3.8, 4) is 0 Å². The summed E-state index contributed by atoms with van der Waals surface area (Å²) in [5.74, 6) is 6.72. The Labute approximate surface area is 175 Å². The van der Waals surface area contributed by atoms with E-state index in [-0.39, 0.29) is 0 Å². The number of hydrogen-bond donors (Lipinski definition) is 0. The predicted octanol–water partition coefficient (Wildman–Crippen LogP) is 8.30. The van der Waals surface area contributed by atoms with Gasteiger partial charge in [-0.3, -0.25) is 0 Å². The summed E-state index contributed by atoms with van der Waals surface area (Å²) < 4.78 is 0. The molecular formula is C28H46. The van der Waals surface area contributed by atoms with Crippen LogP contribution >= 0.6 is 0 Å². The summed E-state index contributed by atoms with van der Waals surface area (Å²) in [6.07, 6.45) is 22.3. The average Bonchev–Trinajstić information content (AvgIpc) is 3.02. The molecule has 0 bridgehead atoms. The van der Waals surface area contributed by atoms with Crippen molar-refractivity contribution < 1.29 is 0 Å². The number of allylic oxidation sites excluding steroid dienone is 4. The molecule has 0 amide bonds. The number of fused-ring (bicyclic) bond motifs is 5. The molecule has 0 aromatic carbocycles. The van der Waals surface area contributed by atoms with Gasteiger partial charge in [0.1, 0.15) is 0 Å². The highest BCUT2D eigenvalue weighted by Gasteiger charge is 2.58. The third-order valence-corrected chi connectivity index (χ3v) is 10.6. The maximum Gasteiger partial charge on any atom is -0.0166 e. The van der Waals surface area contributed by atoms with Crippen LogP contribution in [0.3, 0.4) is 0 Å². The Morgan fingerprint density at radius 3 is 2.29 bits per heavy atom. The molecule has 0 nitrogen and oxygen atoms in total. The lowest BCUT2D eigenvalue weighted by Crippen LogP contribution is -2.51. The van der Waals surface area contributed by atoms with Gasteiger partial charge in [0.2, 0.25) is 0 Å². The molecule has 0 heteroatoms. The lowest BCUT2D eigenvalue weighted by Gasteiger charge is -2.58. The molecule has 0 saturated heterocycles. The van der Waals surface area contributed by atoms with Crippen molar-refractivity contribution in [1.82, 2.24) is 0 Å². The fourth-order valence-corrected chi connectivity index (χ4v) is 8.27. The van der Waals surface area contributed by atoms with Crippen molar-refractivity contribution in [2.24, 2.45) is 58.2 Å². The molecular weight excluding hydrogens is 336 g/mol. The second-order valence-electron chi connectivity index (χ2n) is 12.1. The minimum Gasteiger partial charge on any atom is -0.0852 e. The first kappa shape index (κ1) is 20.7. The molecule has 0 spiro atoms. The number of hydrogen-bond acceptors (Lipinski definition) is 0. The summed E-state index contributed by atoms with van der Waals surface area (Å²) in [4.78, 5) is 0. The third kappa shape index (κ3) is 3.26. The Balaban J connectivity index is 1.53. The summed E-state index contributed by atoms with van der Waals surface area (Å²) in [6, 6.07) is 0. The topological polar surface area (TPSA) is 0 Å². The molecule has 0 radical (unpaired) electrons. The van der Waals surface area contributed by atoms with E-state index in [1.54, 1.807) is 0 Å². The third-order valence-electron chi connectivity index (χ3n) is 10.6. The summed E-state index contributed by atoms with van der Waals surface area (Å²) >= 11 is 0. The monoisotopic (exact) mass is 382 g/mol. The van der Waals surface area contributed by atoms with Gasteiger partial charge in [-0.2, -0.15) is 0 Å². The molecule has 158 valence electrons. The normalized spacial score (nSPS) is 47.6. The maximum atomic E-state index is 2.73. The highest BCUT2D eigenvalue weighted by molar-refractivity contribution is 5.18. The van der Waals surface area contributed by atoms with Crippen molar-refractivity contribution in [3.63, 3.8) is 0 Å². The highest BCUT2D eigenvalue weighted by atomic mass is 14.6. The Bertz CT molecular complexity index is 612. The molecule has 3 unspecified atom stereocenters. The largest absolute Gasteiger partial charge is 0.0852 e. The molecule has 0 aromatic heterocycles. The van der Waals surface area contributed by atoms with E-state index in [0.717, 1.165) is 41.4 Å². The molecule has 4 rings (SSSR count). The smallest absolute Gasteiger partial charge is 0.0166 e. The van der Waals surface area contributed by atoms with Gasteiger partial charge >= 0.3 is 0 Å². The second-order valence-corrected chi connectivity index (χ2v) is 12.1. The minimum atomic E-state index is 0.564.